The van der Waals surface area contributed by atoms with E-state index in [1.165, 1.54) is 5.69 Å². The number of aliphatic hydroxyl groups excluding tert-OH is 1. The highest BCUT2D eigenvalue weighted by atomic mass is 16.3. The Hall–Kier alpha value is -2.31. The van der Waals surface area contributed by atoms with Crippen LogP contribution < -0.4 is 10.2 Å². The number of aromatic nitrogens is 1. The number of nitrogens with zero attached hydrogens (tertiary/aromatic N) is 3. The molecule has 2 N–H and O–H groups in total. The van der Waals surface area contributed by atoms with Crippen molar-refractivity contribution in [3.8, 4) is 0 Å². The van der Waals surface area contributed by atoms with Crippen molar-refractivity contribution < 1.29 is 9.90 Å². The van der Waals surface area contributed by atoms with Crippen molar-refractivity contribution >= 4 is 17.3 Å². The van der Waals surface area contributed by atoms with Crippen LogP contribution in [0.15, 0.2) is 48.8 Å². The molecule has 1 aromatic heterocycles. The summed E-state index contributed by atoms with van der Waals surface area (Å²) < 4.78 is 1.98. The maximum atomic E-state index is 12.9. The van der Waals surface area contributed by atoms with Gasteiger partial charge in [-0.25, -0.2) is 0 Å². The van der Waals surface area contributed by atoms with Gasteiger partial charge in [-0.3, -0.25) is 9.69 Å². The maximum Gasteiger partial charge on any atom is 0.247 e. The first-order valence-corrected chi connectivity index (χ1v) is 10.2. The van der Waals surface area contributed by atoms with Crippen LogP contribution in [0.2, 0.25) is 0 Å². The van der Waals surface area contributed by atoms with Crippen molar-refractivity contribution in [2.24, 2.45) is 5.92 Å². The van der Waals surface area contributed by atoms with Crippen LogP contribution in [0.3, 0.4) is 0 Å². The lowest BCUT2D eigenvalue weighted by atomic mass is 10.0. The Kier molecular flexibility index (Phi) is 7.12. The minimum absolute atomic E-state index is 0.0234. The van der Waals surface area contributed by atoms with Crippen LogP contribution in [-0.4, -0.2) is 59.8 Å². The van der Waals surface area contributed by atoms with Gasteiger partial charge >= 0.3 is 0 Å². The smallest absolute Gasteiger partial charge is 0.247 e. The number of nitrogens with one attached hydrogen (secondary N) is 1. The van der Waals surface area contributed by atoms with Crippen molar-refractivity contribution in [2.45, 2.75) is 26.3 Å². The molecule has 0 radical (unpaired) electrons. The van der Waals surface area contributed by atoms with Crippen LogP contribution >= 0.6 is 0 Å². The van der Waals surface area contributed by atoms with Crippen molar-refractivity contribution in [3.05, 3.63) is 48.8 Å². The summed E-state index contributed by atoms with van der Waals surface area (Å²) in [6.07, 6.45) is 4.70. The number of carbonyl (C=O) groups is 1. The fraction of sp³-hybridized carbons (Fsp3) is 0.500. The maximum absolute atomic E-state index is 12.9. The van der Waals surface area contributed by atoms with Crippen molar-refractivity contribution in [3.63, 3.8) is 0 Å². The average Bonchev–Trinajstić information content (AvgIpc) is 3.22. The first-order valence-electron chi connectivity index (χ1n) is 10.2. The van der Waals surface area contributed by atoms with Crippen LogP contribution in [-0.2, 0) is 4.79 Å². The second-order valence-electron chi connectivity index (χ2n) is 7.86. The molecule has 1 aliphatic rings. The van der Waals surface area contributed by atoms with Gasteiger partial charge in [-0.15, -0.1) is 0 Å². The molecule has 0 spiro atoms. The van der Waals surface area contributed by atoms with E-state index in [0.29, 0.717) is 5.92 Å². The molecule has 28 heavy (non-hydrogen) atoms. The summed E-state index contributed by atoms with van der Waals surface area (Å²) in [5.74, 6) is 0.459. The number of carbonyl (C=O) groups excluding carboxylic acids is 1. The molecule has 6 heteroatoms. The van der Waals surface area contributed by atoms with Gasteiger partial charge in [0.2, 0.25) is 5.91 Å². The lowest BCUT2D eigenvalue weighted by Crippen LogP contribution is -2.47. The number of β-amino-alcohol motifs (C(OH)–C–C–N with tert-alkyl or cyclic N) is 1. The van der Waals surface area contributed by atoms with Gasteiger partial charge in [-0.2, -0.15) is 0 Å². The standard InChI is InChI=1S/C22H32N4O2/c1-18(2)17-21(26-9-3-4-10-26)22(28)23-19-5-7-20(8-6-19)25-13-11-24(12-14-25)15-16-27/h3-10,18,21,27H,11-17H2,1-2H3,(H,23,28). The predicted molar refractivity (Wildman–Crippen MR) is 114 cm³/mol. The number of rotatable bonds is 8. The van der Waals surface area contributed by atoms with Crippen LogP contribution in [0.1, 0.15) is 26.3 Å². The fourth-order valence-electron chi connectivity index (χ4n) is 3.72. The summed E-state index contributed by atoms with van der Waals surface area (Å²) in [6, 6.07) is 11.8. The summed E-state index contributed by atoms with van der Waals surface area (Å²) in [4.78, 5) is 17.5. The molecule has 152 valence electrons. The van der Waals surface area contributed by atoms with Gasteiger partial charge in [0.1, 0.15) is 6.04 Å². The zero-order chi connectivity index (χ0) is 19.9. The van der Waals surface area contributed by atoms with Gasteiger partial charge in [-0.1, -0.05) is 13.8 Å². The summed E-state index contributed by atoms with van der Waals surface area (Å²) >= 11 is 0. The first kappa shape index (κ1) is 20.4. The van der Waals surface area contributed by atoms with Crippen molar-refractivity contribution in [1.29, 1.82) is 0 Å². The average molecular weight is 385 g/mol. The number of amides is 1. The van der Waals surface area contributed by atoms with Crippen LogP contribution in [0.25, 0.3) is 0 Å². The highest BCUT2D eigenvalue weighted by Crippen LogP contribution is 2.23. The summed E-state index contributed by atoms with van der Waals surface area (Å²) in [5.41, 5.74) is 2.00. The molecule has 1 aromatic carbocycles. The van der Waals surface area contributed by atoms with Gasteiger partial charge in [-0.05, 0) is 48.7 Å². The molecule has 6 nitrogen and oxygen atoms in total. The second-order valence-corrected chi connectivity index (χ2v) is 7.86. The lowest BCUT2D eigenvalue weighted by molar-refractivity contribution is -0.119. The van der Waals surface area contributed by atoms with E-state index in [1.54, 1.807) is 0 Å². The summed E-state index contributed by atoms with van der Waals surface area (Å²) in [6.45, 7) is 9.08. The van der Waals surface area contributed by atoms with E-state index in [1.807, 2.05) is 41.2 Å². The number of aliphatic hydroxyl groups is 1. The molecule has 0 aliphatic carbocycles. The number of piperazine rings is 1. The van der Waals surface area contributed by atoms with Crippen LogP contribution in [0, 0.1) is 5.92 Å². The van der Waals surface area contributed by atoms with Gasteiger partial charge in [0.25, 0.3) is 0 Å². The van der Waals surface area contributed by atoms with E-state index >= 15 is 0 Å². The van der Waals surface area contributed by atoms with Crippen LogP contribution in [0.4, 0.5) is 11.4 Å². The molecule has 1 saturated heterocycles. The molecular weight excluding hydrogens is 352 g/mol. The molecule has 1 atom stereocenters. The quantitative estimate of drug-likeness (QED) is 0.735. The Labute approximate surface area is 167 Å². The Morgan fingerprint density at radius 3 is 2.29 bits per heavy atom. The Balaban J connectivity index is 1.59. The van der Waals surface area contributed by atoms with Crippen molar-refractivity contribution in [1.82, 2.24) is 9.47 Å². The van der Waals surface area contributed by atoms with E-state index in [-0.39, 0.29) is 18.6 Å². The molecule has 2 aromatic rings. The zero-order valence-corrected chi connectivity index (χ0v) is 16.9. The Morgan fingerprint density at radius 1 is 1.07 bits per heavy atom. The fourth-order valence-corrected chi connectivity index (χ4v) is 3.72. The van der Waals surface area contributed by atoms with Gasteiger partial charge < -0.3 is 19.9 Å². The molecule has 2 heterocycles. The van der Waals surface area contributed by atoms with Gasteiger partial charge in [0, 0.05) is 56.5 Å². The number of anilines is 2. The highest BCUT2D eigenvalue weighted by Gasteiger charge is 2.21. The first-order chi connectivity index (χ1) is 13.6. The third-order valence-electron chi connectivity index (χ3n) is 5.27. The van der Waals surface area contributed by atoms with Crippen LogP contribution in [0.5, 0.6) is 0 Å². The highest BCUT2D eigenvalue weighted by molar-refractivity contribution is 5.93. The van der Waals surface area contributed by atoms with Crippen molar-refractivity contribution in [2.75, 3.05) is 49.5 Å². The van der Waals surface area contributed by atoms with E-state index in [4.69, 9.17) is 5.11 Å². The molecule has 1 unspecified atom stereocenters. The third-order valence-corrected chi connectivity index (χ3v) is 5.27. The molecule has 0 bridgehead atoms. The summed E-state index contributed by atoms with van der Waals surface area (Å²) in [5, 5.41) is 12.1. The predicted octanol–water partition coefficient (Wildman–Crippen LogP) is 2.83. The topological polar surface area (TPSA) is 60.7 Å². The van der Waals surface area contributed by atoms with E-state index in [9.17, 15) is 4.79 Å². The molecule has 1 fully saturated rings. The van der Waals surface area contributed by atoms with Gasteiger partial charge in [0.15, 0.2) is 0 Å². The normalized spacial score (nSPS) is 16.4. The number of hydrogen-bond donors (Lipinski definition) is 2. The van der Waals surface area contributed by atoms with E-state index < -0.39 is 0 Å². The Bertz CT molecular complexity index is 720. The molecule has 1 aliphatic heterocycles. The minimum Gasteiger partial charge on any atom is -0.395 e. The molecular formula is C22H32N4O2. The number of hydrogen-bond acceptors (Lipinski definition) is 4. The SMILES string of the molecule is CC(C)CC(C(=O)Nc1ccc(N2CCN(CCO)CC2)cc1)n1cccc1. The largest absolute Gasteiger partial charge is 0.395 e. The monoisotopic (exact) mass is 384 g/mol. The molecule has 3 rings (SSSR count). The second kappa shape index (κ2) is 9.75. The minimum atomic E-state index is -0.200. The van der Waals surface area contributed by atoms with E-state index in [0.717, 1.165) is 44.8 Å². The third kappa shape index (κ3) is 5.36. The molecule has 0 saturated carbocycles. The Morgan fingerprint density at radius 2 is 1.71 bits per heavy atom. The van der Waals surface area contributed by atoms with E-state index in [2.05, 4.69) is 41.1 Å². The summed E-state index contributed by atoms with van der Waals surface area (Å²) in [7, 11) is 0. The zero-order valence-electron chi connectivity index (χ0n) is 16.9. The van der Waals surface area contributed by atoms with Gasteiger partial charge in [0.05, 0.1) is 6.61 Å². The lowest BCUT2D eigenvalue weighted by Gasteiger charge is -2.35. The number of benzene rings is 1. The molecule has 1 amide bonds.